The number of carbonyl (C=O) groups excluding carboxylic acids is 1. The van der Waals surface area contributed by atoms with Crippen LogP contribution in [0.1, 0.15) is 17.4 Å². The number of aromatic nitrogens is 2. The summed E-state index contributed by atoms with van der Waals surface area (Å²) in [7, 11) is 0. The quantitative estimate of drug-likeness (QED) is 0.177. The zero-order valence-electron chi connectivity index (χ0n) is 20.5. The van der Waals surface area contributed by atoms with E-state index in [9.17, 15) is 9.59 Å². The summed E-state index contributed by atoms with van der Waals surface area (Å²) >= 11 is 8.88. The molecule has 5 rings (SSSR count). The lowest BCUT2D eigenvalue weighted by Gasteiger charge is -2.17. The highest BCUT2D eigenvalue weighted by Gasteiger charge is 2.24. The van der Waals surface area contributed by atoms with Gasteiger partial charge in [0, 0.05) is 21.2 Å². The van der Waals surface area contributed by atoms with Crippen LogP contribution in [0.5, 0.6) is 0 Å². The Balaban J connectivity index is 1.60. The Bertz CT molecular complexity index is 1660. The van der Waals surface area contributed by atoms with Gasteiger partial charge in [-0.05, 0) is 56.2 Å². The predicted molar refractivity (Wildman–Crippen MR) is 156 cm³/mol. The number of halogens is 1. The van der Waals surface area contributed by atoms with Crippen LogP contribution in [-0.4, -0.2) is 20.7 Å². The summed E-state index contributed by atoms with van der Waals surface area (Å²) in [5, 5.41) is 4.05. The number of rotatable bonds is 6. The van der Waals surface area contributed by atoms with Crippen molar-refractivity contribution >= 4 is 56.5 Å². The Kier molecular flexibility index (Phi) is 7.20. The van der Waals surface area contributed by atoms with Crippen molar-refractivity contribution < 1.29 is 4.79 Å². The lowest BCUT2D eigenvalue weighted by atomic mass is 10.0. The molecule has 0 aliphatic carbocycles. The molecular formula is C29H24ClN3O2S2. The Morgan fingerprint density at radius 1 is 1.03 bits per heavy atom. The van der Waals surface area contributed by atoms with Crippen molar-refractivity contribution in [1.82, 2.24) is 9.55 Å². The molecule has 2 aromatic heterocycles. The molecule has 0 radical (unpaired) electrons. The number of anilines is 1. The molecule has 1 amide bonds. The third-order valence-corrected chi connectivity index (χ3v) is 8.34. The van der Waals surface area contributed by atoms with Crippen LogP contribution < -0.4 is 10.9 Å². The molecule has 1 N–H and O–H groups in total. The first-order valence-electron chi connectivity index (χ1n) is 11.7. The molecule has 3 aromatic carbocycles. The van der Waals surface area contributed by atoms with Crippen molar-refractivity contribution in [2.24, 2.45) is 0 Å². The minimum atomic E-state index is -0.521. The summed E-state index contributed by atoms with van der Waals surface area (Å²) in [6.45, 7) is 5.73. The number of hydrogen-bond acceptors (Lipinski definition) is 5. The Morgan fingerprint density at radius 3 is 2.41 bits per heavy atom. The summed E-state index contributed by atoms with van der Waals surface area (Å²) in [6.07, 6.45) is 0. The monoisotopic (exact) mass is 545 g/mol. The highest BCUT2D eigenvalue weighted by Crippen LogP contribution is 2.37. The van der Waals surface area contributed by atoms with Crippen molar-refractivity contribution in [2.45, 2.75) is 31.2 Å². The number of thioether (sulfide) groups is 1. The van der Waals surface area contributed by atoms with Gasteiger partial charge in [0.2, 0.25) is 5.91 Å². The van der Waals surface area contributed by atoms with E-state index < -0.39 is 5.25 Å². The van der Waals surface area contributed by atoms with Crippen LogP contribution in [-0.2, 0) is 4.79 Å². The molecule has 5 aromatic rings. The van der Waals surface area contributed by atoms with E-state index in [1.807, 2.05) is 80.6 Å². The molecule has 0 bridgehead atoms. The largest absolute Gasteiger partial charge is 0.325 e. The Hall–Kier alpha value is -3.39. The summed E-state index contributed by atoms with van der Waals surface area (Å²) < 4.78 is 1.61. The van der Waals surface area contributed by atoms with E-state index in [1.165, 1.54) is 23.1 Å². The van der Waals surface area contributed by atoms with Crippen molar-refractivity contribution in [3.63, 3.8) is 0 Å². The number of amides is 1. The van der Waals surface area contributed by atoms with E-state index in [2.05, 4.69) is 5.32 Å². The van der Waals surface area contributed by atoms with Gasteiger partial charge in [-0.2, -0.15) is 0 Å². The number of carbonyl (C=O) groups is 1. The average Bonchev–Trinajstić information content (AvgIpc) is 3.23. The fourth-order valence-electron chi connectivity index (χ4n) is 4.15. The molecule has 0 aliphatic heterocycles. The molecule has 1 atom stereocenters. The maximum absolute atomic E-state index is 14.1. The van der Waals surface area contributed by atoms with Gasteiger partial charge in [-0.15, -0.1) is 11.3 Å². The third-order valence-electron chi connectivity index (χ3n) is 6.06. The van der Waals surface area contributed by atoms with Gasteiger partial charge in [-0.3, -0.25) is 14.2 Å². The van der Waals surface area contributed by atoms with E-state index in [-0.39, 0.29) is 11.5 Å². The minimum Gasteiger partial charge on any atom is -0.325 e. The smallest absolute Gasteiger partial charge is 0.268 e. The first-order chi connectivity index (χ1) is 17.8. The molecule has 0 saturated heterocycles. The lowest BCUT2D eigenvalue weighted by Crippen LogP contribution is -2.26. The number of fused-ring (bicyclic) bond motifs is 1. The van der Waals surface area contributed by atoms with Crippen molar-refractivity contribution in [3.8, 4) is 16.8 Å². The number of benzene rings is 3. The average molecular weight is 546 g/mol. The normalized spacial score (nSPS) is 12.0. The molecule has 8 heteroatoms. The number of thiophene rings is 1. The first-order valence-corrected chi connectivity index (χ1v) is 13.8. The fraction of sp³-hybridized carbons (Fsp3) is 0.138. The molecule has 5 nitrogen and oxygen atoms in total. The van der Waals surface area contributed by atoms with E-state index >= 15 is 0 Å². The van der Waals surface area contributed by atoms with Gasteiger partial charge in [0.25, 0.3) is 5.56 Å². The van der Waals surface area contributed by atoms with E-state index in [1.54, 1.807) is 23.6 Å². The molecule has 0 saturated carbocycles. The van der Waals surface area contributed by atoms with Crippen LogP contribution in [0.25, 0.3) is 27.0 Å². The zero-order valence-corrected chi connectivity index (χ0v) is 22.9. The highest BCUT2D eigenvalue weighted by molar-refractivity contribution is 8.00. The summed E-state index contributed by atoms with van der Waals surface area (Å²) in [5.74, 6) is -0.198. The molecule has 2 heterocycles. The Morgan fingerprint density at radius 2 is 1.70 bits per heavy atom. The molecule has 37 heavy (non-hydrogen) atoms. The molecule has 186 valence electrons. The lowest BCUT2D eigenvalue weighted by molar-refractivity contribution is -0.115. The molecule has 0 aliphatic rings. The zero-order chi connectivity index (χ0) is 26.1. The molecule has 1 unspecified atom stereocenters. The Labute approximate surface area is 228 Å². The van der Waals surface area contributed by atoms with Gasteiger partial charge >= 0.3 is 0 Å². The van der Waals surface area contributed by atoms with Gasteiger partial charge in [-0.25, -0.2) is 4.98 Å². The SMILES string of the molecule is Cc1ccc(Cl)cc1NC(=O)C(C)Sc1nc2sc(C)c(-c3ccccc3)c2c(=O)n1-c1ccccc1. The second-order valence-electron chi connectivity index (χ2n) is 8.66. The van der Waals surface area contributed by atoms with Crippen LogP contribution in [0.3, 0.4) is 0 Å². The van der Waals surface area contributed by atoms with Crippen LogP contribution in [0.2, 0.25) is 5.02 Å². The van der Waals surface area contributed by atoms with Gasteiger partial charge in [-0.1, -0.05) is 78.0 Å². The van der Waals surface area contributed by atoms with Crippen LogP contribution in [0.4, 0.5) is 5.69 Å². The van der Waals surface area contributed by atoms with Crippen LogP contribution in [0, 0.1) is 13.8 Å². The van der Waals surface area contributed by atoms with Crippen molar-refractivity contribution in [3.05, 3.63) is 105 Å². The van der Waals surface area contributed by atoms with Gasteiger partial charge in [0.05, 0.1) is 16.3 Å². The van der Waals surface area contributed by atoms with E-state index in [0.717, 1.165) is 21.6 Å². The van der Waals surface area contributed by atoms with Crippen LogP contribution in [0.15, 0.2) is 88.8 Å². The van der Waals surface area contributed by atoms with E-state index in [4.69, 9.17) is 16.6 Å². The maximum atomic E-state index is 14.1. The second kappa shape index (κ2) is 10.5. The molecule has 0 fully saturated rings. The third kappa shape index (κ3) is 5.07. The number of nitrogens with zero attached hydrogens (tertiary/aromatic N) is 2. The van der Waals surface area contributed by atoms with Crippen molar-refractivity contribution in [1.29, 1.82) is 0 Å². The summed E-state index contributed by atoms with van der Waals surface area (Å²) in [6, 6.07) is 24.7. The minimum absolute atomic E-state index is 0.153. The predicted octanol–water partition coefficient (Wildman–Crippen LogP) is 7.50. The number of aryl methyl sites for hydroxylation is 2. The standard InChI is InChI=1S/C29H24ClN3O2S2/c1-17-14-15-21(30)16-23(17)31-26(34)19(3)37-29-32-27-25(28(35)33(29)22-12-8-5-9-13-22)24(18(2)36-27)20-10-6-4-7-11-20/h4-16,19H,1-3H3,(H,31,34). The van der Waals surface area contributed by atoms with Gasteiger partial charge in [0.15, 0.2) is 5.16 Å². The van der Waals surface area contributed by atoms with Gasteiger partial charge < -0.3 is 5.32 Å². The second-order valence-corrected chi connectivity index (χ2v) is 11.6. The summed E-state index contributed by atoms with van der Waals surface area (Å²) in [5.41, 5.74) is 4.01. The van der Waals surface area contributed by atoms with Crippen molar-refractivity contribution in [2.75, 3.05) is 5.32 Å². The van der Waals surface area contributed by atoms with Gasteiger partial charge in [0.1, 0.15) is 4.83 Å². The number of nitrogens with one attached hydrogen (secondary N) is 1. The topological polar surface area (TPSA) is 64.0 Å². The highest BCUT2D eigenvalue weighted by atomic mass is 35.5. The first kappa shape index (κ1) is 25.3. The van der Waals surface area contributed by atoms with Crippen LogP contribution >= 0.6 is 34.7 Å². The molecule has 0 spiro atoms. The number of para-hydroxylation sites is 1. The summed E-state index contributed by atoms with van der Waals surface area (Å²) in [4.78, 5) is 33.8. The fourth-order valence-corrected chi connectivity index (χ4v) is 6.34. The molecular weight excluding hydrogens is 522 g/mol. The maximum Gasteiger partial charge on any atom is 0.268 e. The number of hydrogen-bond donors (Lipinski definition) is 1. The van der Waals surface area contributed by atoms with E-state index in [0.29, 0.717) is 31.8 Å².